The van der Waals surface area contributed by atoms with Gasteiger partial charge in [-0.25, -0.2) is 0 Å². The van der Waals surface area contributed by atoms with E-state index in [4.69, 9.17) is 22.2 Å². The van der Waals surface area contributed by atoms with Crippen LogP contribution >= 0.6 is 11.6 Å². The van der Waals surface area contributed by atoms with E-state index in [-0.39, 0.29) is 35.2 Å². The van der Waals surface area contributed by atoms with Gasteiger partial charge in [0.05, 0.1) is 5.02 Å². The van der Waals surface area contributed by atoms with Gasteiger partial charge in [-0.1, -0.05) is 48.0 Å². The monoisotopic (exact) mass is 571 g/mol. The first-order chi connectivity index (χ1) is 19.1. The molecule has 0 heterocycles. The smallest absolute Gasteiger partial charge is 0.506 e. The number of hydrogen-bond donors (Lipinski definition) is 3. The van der Waals surface area contributed by atoms with E-state index >= 15 is 0 Å². The van der Waals surface area contributed by atoms with Gasteiger partial charge in [0, 0.05) is 23.1 Å². The summed E-state index contributed by atoms with van der Waals surface area (Å²) < 4.78 is 46.9. The normalized spacial score (nSPS) is 11.8. The predicted molar refractivity (Wildman–Crippen MR) is 143 cm³/mol. The lowest BCUT2D eigenvalue weighted by Crippen LogP contribution is -2.28. The maximum atomic E-state index is 13.2. The third kappa shape index (κ3) is 6.80. The van der Waals surface area contributed by atoms with Crippen LogP contribution < -0.4 is 20.6 Å². The summed E-state index contributed by atoms with van der Waals surface area (Å²) in [5, 5.41) is 17.1. The average molecular weight is 572 g/mol. The molecular formula is C28H21ClF3N3O5. The molecule has 4 rings (SSSR count). The molecule has 4 N–H and O–H groups in total. The van der Waals surface area contributed by atoms with Gasteiger partial charge in [-0.3, -0.25) is 9.59 Å². The molecule has 0 atom stereocenters. The quantitative estimate of drug-likeness (QED) is 0.108. The Hall–Kier alpha value is -4.77. The van der Waals surface area contributed by atoms with Gasteiger partial charge in [-0.15, -0.1) is 13.2 Å². The van der Waals surface area contributed by atoms with Gasteiger partial charge in [0.1, 0.15) is 23.0 Å². The summed E-state index contributed by atoms with van der Waals surface area (Å²) in [5.74, 6) is 4.33. The lowest BCUT2D eigenvalue weighted by Gasteiger charge is -2.14. The molecule has 0 saturated heterocycles. The zero-order valence-corrected chi connectivity index (χ0v) is 21.3. The summed E-state index contributed by atoms with van der Waals surface area (Å²) in [6.45, 7) is -0.429. The van der Waals surface area contributed by atoms with Crippen LogP contribution in [0.25, 0.3) is 10.8 Å². The van der Waals surface area contributed by atoms with E-state index in [0.717, 1.165) is 6.07 Å². The predicted octanol–water partition coefficient (Wildman–Crippen LogP) is 5.34. The van der Waals surface area contributed by atoms with E-state index in [1.165, 1.54) is 30.3 Å². The molecule has 0 aliphatic carbocycles. The first kappa shape index (κ1) is 28.2. The number of benzene rings is 4. The molecular weight excluding hydrogens is 551 g/mol. The Balaban J connectivity index is 1.48. The molecule has 12 heteroatoms. The number of phenols is 1. The van der Waals surface area contributed by atoms with Crippen LogP contribution in [0, 0.1) is 0 Å². The fourth-order valence-corrected chi connectivity index (χ4v) is 4.07. The number of nitrogens with two attached hydrogens (primary N) is 1. The minimum atomic E-state index is -4.82. The second-order valence-corrected chi connectivity index (χ2v) is 8.80. The molecule has 206 valence electrons. The van der Waals surface area contributed by atoms with Crippen molar-refractivity contribution in [2.45, 2.75) is 12.9 Å². The SMILES string of the molecule is NN=C(C(=O)c1ccc(O)c(Cl)c1)c1ccc(OCC(=O)NCc2cccc(OC(F)(F)F)c2)c2ccccc12. The Kier molecular flexibility index (Phi) is 8.44. The maximum Gasteiger partial charge on any atom is 0.573 e. The van der Waals surface area contributed by atoms with E-state index in [1.807, 2.05) is 0 Å². The molecule has 0 unspecified atom stereocenters. The standard InChI is InChI=1S/C28H21ClF3N3O5/c29-22-13-17(8-10-23(22)36)27(38)26(35-33)21-9-11-24(20-7-2-1-6-19(20)21)39-15-25(37)34-14-16-4-3-5-18(12-16)40-28(30,31)32/h1-13,36H,14-15,33H2,(H,34,37). The van der Waals surface area contributed by atoms with E-state index < -0.39 is 23.8 Å². The molecule has 0 aliphatic heterocycles. The van der Waals surface area contributed by atoms with Crippen LogP contribution in [0.4, 0.5) is 13.2 Å². The fourth-order valence-electron chi connectivity index (χ4n) is 3.89. The number of hydrogen-bond acceptors (Lipinski definition) is 7. The Morgan fingerprint density at radius 2 is 1.73 bits per heavy atom. The van der Waals surface area contributed by atoms with Crippen LogP contribution in [0.2, 0.25) is 5.02 Å². The number of phenolic OH excluding ortho intramolecular Hbond substituents is 1. The van der Waals surface area contributed by atoms with Crippen molar-refractivity contribution in [1.29, 1.82) is 0 Å². The highest BCUT2D eigenvalue weighted by Crippen LogP contribution is 2.31. The summed E-state index contributed by atoms with van der Waals surface area (Å²) in [6.07, 6.45) is -4.82. The van der Waals surface area contributed by atoms with E-state index in [1.54, 1.807) is 42.5 Å². The molecule has 0 saturated carbocycles. The number of aromatic hydroxyl groups is 1. The topological polar surface area (TPSA) is 123 Å². The summed E-state index contributed by atoms with van der Waals surface area (Å²) in [6, 6.07) is 19.3. The van der Waals surface area contributed by atoms with E-state index in [2.05, 4.69) is 15.2 Å². The third-order valence-electron chi connectivity index (χ3n) is 5.67. The number of fused-ring (bicyclic) bond motifs is 1. The van der Waals surface area contributed by atoms with Gasteiger partial charge in [0.15, 0.2) is 6.61 Å². The van der Waals surface area contributed by atoms with Gasteiger partial charge < -0.3 is 25.7 Å². The highest BCUT2D eigenvalue weighted by atomic mass is 35.5. The lowest BCUT2D eigenvalue weighted by molar-refractivity contribution is -0.274. The lowest BCUT2D eigenvalue weighted by atomic mass is 9.95. The minimum Gasteiger partial charge on any atom is -0.506 e. The number of halogens is 4. The van der Waals surface area contributed by atoms with Crippen molar-refractivity contribution in [1.82, 2.24) is 5.32 Å². The highest BCUT2D eigenvalue weighted by Gasteiger charge is 2.31. The van der Waals surface area contributed by atoms with E-state index in [9.17, 15) is 27.9 Å². The number of alkyl halides is 3. The zero-order chi connectivity index (χ0) is 28.9. The number of nitrogens with one attached hydrogen (secondary N) is 1. The molecule has 1 amide bonds. The van der Waals surface area contributed by atoms with Crippen molar-refractivity contribution in [3.8, 4) is 17.2 Å². The molecule has 0 fully saturated rings. The molecule has 4 aromatic rings. The minimum absolute atomic E-state index is 0.00329. The van der Waals surface area contributed by atoms with Gasteiger partial charge in [0.2, 0.25) is 5.78 Å². The van der Waals surface area contributed by atoms with E-state index in [0.29, 0.717) is 27.6 Å². The van der Waals surface area contributed by atoms with Crippen LogP contribution in [0.1, 0.15) is 21.5 Å². The van der Waals surface area contributed by atoms with Crippen LogP contribution in [-0.4, -0.2) is 35.5 Å². The zero-order valence-electron chi connectivity index (χ0n) is 20.5. The molecule has 4 aromatic carbocycles. The largest absolute Gasteiger partial charge is 0.573 e. The fraction of sp³-hybridized carbons (Fsp3) is 0.107. The number of carbonyl (C=O) groups excluding carboxylic acids is 2. The first-order valence-electron chi connectivity index (χ1n) is 11.6. The van der Waals surface area contributed by atoms with Crippen LogP contribution in [0.15, 0.2) is 84.0 Å². The number of carbonyl (C=O) groups is 2. The first-order valence-corrected chi connectivity index (χ1v) is 12.0. The third-order valence-corrected chi connectivity index (χ3v) is 5.98. The van der Waals surface area contributed by atoms with Crippen LogP contribution in [-0.2, 0) is 11.3 Å². The average Bonchev–Trinajstić information content (AvgIpc) is 2.92. The molecule has 0 bridgehead atoms. The van der Waals surface area contributed by atoms with Crippen molar-refractivity contribution in [3.63, 3.8) is 0 Å². The van der Waals surface area contributed by atoms with Crippen molar-refractivity contribution < 1.29 is 37.3 Å². The summed E-state index contributed by atoms with van der Waals surface area (Å²) in [5.41, 5.74) is 0.922. The second-order valence-electron chi connectivity index (χ2n) is 8.39. The summed E-state index contributed by atoms with van der Waals surface area (Å²) >= 11 is 5.95. The molecule has 0 aliphatic rings. The van der Waals surface area contributed by atoms with Gasteiger partial charge in [0.25, 0.3) is 5.91 Å². The molecule has 40 heavy (non-hydrogen) atoms. The number of nitrogens with zero attached hydrogens (tertiary/aromatic N) is 1. The van der Waals surface area contributed by atoms with Crippen molar-refractivity contribution in [3.05, 3.63) is 101 Å². The van der Waals surface area contributed by atoms with Gasteiger partial charge in [-0.2, -0.15) is 5.10 Å². The van der Waals surface area contributed by atoms with Crippen LogP contribution in [0.5, 0.6) is 17.2 Å². The summed E-state index contributed by atoms with van der Waals surface area (Å²) in [7, 11) is 0. The van der Waals surface area contributed by atoms with Gasteiger partial charge in [-0.05, 0) is 53.4 Å². The number of rotatable bonds is 9. The number of ether oxygens (including phenoxy) is 2. The van der Waals surface area contributed by atoms with Crippen molar-refractivity contribution >= 4 is 39.8 Å². The Morgan fingerprint density at radius 3 is 2.42 bits per heavy atom. The maximum absolute atomic E-state index is 13.2. The second kappa shape index (κ2) is 12.0. The molecule has 0 spiro atoms. The van der Waals surface area contributed by atoms with Crippen molar-refractivity contribution in [2.75, 3.05) is 6.61 Å². The van der Waals surface area contributed by atoms with Gasteiger partial charge >= 0.3 is 6.36 Å². The number of hydrazone groups is 1. The van der Waals surface area contributed by atoms with Crippen LogP contribution in [0.3, 0.4) is 0 Å². The number of Topliss-reactive ketones (excluding diaryl/α,β-unsaturated/α-hetero) is 1. The number of amides is 1. The Morgan fingerprint density at radius 1 is 0.975 bits per heavy atom. The number of ketones is 1. The summed E-state index contributed by atoms with van der Waals surface area (Å²) in [4.78, 5) is 25.6. The molecule has 0 aromatic heterocycles. The Bertz CT molecular complexity index is 1610. The highest BCUT2D eigenvalue weighted by molar-refractivity contribution is 6.53. The molecule has 0 radical (unpaired) electrons. The Labute approximate surface area is 230 Å². The molecule has 8 nitrogen and oxygen atoms in total. The van der Waals surface area contributed by atoms with Crippen molar-refractivity contribution in [2.24, 2.45) is 10.9 Å².